The summed E-state index contributed by atoms with van der Waals surface area (Å²) in [5.74, 6) is 2.79. The number of quaternary nitrogens is 2. The van der Waals surface area contributed by atoms with Crippen molar-refractivity contribution in [1.82, 2.24) is 9.97 Å². The van der Waals surface area contributed by atoms with E-state index in [1.807, 2.05) is 13.2 Å². The Bertz CT molecular complexity index is 830. The van der Waals surface area contributed by atoms with E-state index in [4.69, 9.17) is 4.98 Å². The maximum atomic E-state index is 11.8. The fourth-order valence-corrected chi connectivity index (χ4v) is 7.34. The predicted molar refractivity (Wildman–Crippen MR) is 146 cm³/mol. The third-order valence-corrected chi connectivity index (χ3v) is 10.4. The summed E-state index contributed by atoms with van der Waals surface area (Å²) in [6.45, 7) is 19.2. The van der Waals surface area contributed by atoms with E-state index in [9.17, 15) is 4.79 Å². The molecule has 0 N–H and O–H groups in total. The van der Waals surface area contributed by atoms with Crippen LogP contribution in [0, 0.1) is 18.8 Å². The first kappa shape index (κ1) is 26.9. The van der Waals surface area contributed by atoms with Gasteiger partial charge in [0.05, 0.1) is 50.5 Å². The minimum absolute atomic E-state index is 0.669. The highest BCUT2D eigenvalue weighted by molar-refractivity contribution is 7.98. The Morgan fingerprint density at radius 2 is 1.57 bits per heavy atom. The maximum absolute atomic E-state index is 11.8. The van der Waals surface area contributed by atoms with Gasteiger partial charge >= 0.3 is 0 Å². The Hall–Kier alpha value is -1.18. The average Bonchev–Trinajstić information content (AvgIpc) is 2.90. The summed E-state index contributed by atoms with van der Waals surface area (Å²) in [5.41, 5.74) is 1.47. The van der Waals surface area contributed by atoms with Crippen LogP contribution in [0.2, 0.25) is 0 Å². The van der Waals surface area contributed by atoms with Crippen LogP contribution < -0.4 is 4.90 Å². The van der Waals surface area contributed by atoms with E-state index < -0.39 is 0 Å². The van der Waals surface area contributed by atoms with E-state index >= 15 is 0 Å². The van der Waals surface area contributed by atoms with Gasteiger partial charge in [0.25, 0.3) is 0 Å². The number of thioether (sulfide) groups is 1. The van der Waals surface area contributed by atoms with Gasteiger partial charge < -0.3 is 13.9 Å². The van der Waals surface area contributed by atoms with Crippen molar-refractivity contribution >= 4 is 23.9 Å². The molecule has 7 heteroatoms. The van der Waals surface area contributed by atoms with Gasteiger partial charge in [0.15, 0.2) is 11.4 Å². The molecule has 3 aliphatic rings. The highest BCUT2D eigenvalue weighted by Crippen LogP contribution is 2.32. The largest absolute Gasteiger partial charge is 0.345 e. The first-order valence-corrected chi connectivity index (χ1v) is 15.5. The van der Waals surface area contributed by atoms with Crippen molar-refractivity contribution in [3.63, 3.8) is 0 Å². The molecule has 1 aromatic heterocycles. The smallest absolute Gasteiger partial charge is 0.189 e. The van der Waals surface area contributed by atoms with Crippen LogP contribution in [-0.4, -0.2) is 96.9 Å². The van der Waals surface area contributed by atoms with Crippen LogP contribution in [0.5, 0.6) is 0 Å². The molecular formula is C28H49N5OS+2. The standard InChI is InChI=1S/C28H49N5OS/c1-5-24(6-2)8-7-9-25-10-14-32(15-11-25)18-20-33(21-19-32)16-12-31(13-17-33)27-26(22-34)23(3)29-28(30-27)35-4/h22,24-25H,5-21H2,1-4H3/q+2. The zero-order valence-corrected chi connectivity index (χ0v) is 23.6. The molecule has 3 saturated heterocycles. The molecule has 0 amide bonds. The minimum atomic E-state index is 0.669. The fourth-order valence-electron chi connectivity index (χ4n) is 6.93. The van der Waals surface area contributed by atoms with Gasteiger partial charge in [0, 0.05) is 0 Å². The van der Waals surface area contributed by atoms with Crippen molar-refractivity contribution in [2.75, 3.05) is 76.6 Å². The number of piperidine rings is 1. The number of aromatic nitrogens is 2. The molecule has 0 aromatic carbocycles. The number of hydrogen-bond acceptors (Lipinski definition) is 5. The first-order valence-electron chi connectivity index (χ1n) is 14.3. The first-order chi connectivity index (χ1) is 16.9. The quantitative estimate of drug-likeness (QED) is 0.210. The van der Waals surface area contributed by atoms with Crippen LogP contribution in [0.3, 0.4) is 0 Å². The fraction of sp³-hybridized carbons (Fsp3) is 0.821. The lowest BCUT2D eigenvalue weighted by atomic mass is 9.87. The second-order valence-corrected chi connectivity index (χ2v) is 12.4. The summed E-state index contributed by atoms with van der Waals surface area (Å²) in [6.07, 6.45) is 12.9. The number of anilines is 1. The molecule has 3 aliphatic heterocycles. The molecule has 0 radical (unpaired) electrons. The van der Waals surface area contributed by atoms with Gasteiger partial charge in [0.1, 0.15) is 32.0 Å². The highest BCUT2D eigenvalue weighted by Gasteiger charge is 2.45. The Labute approximate surface area is 218 Å². The van der Waals surface area contributed by atoms with Crippen molar-refractivity contribution in [3.05, 3.63) is 11.3 Å². The van der Waals surface area contributed by atoms with Gasteiger partial charge in [-0.2, -0.15) is 0 Å². The lowest BCUT2D eigenvalue weighted by molar-refractivity contribution is -1.03. The molecule has 196 valence electrons. The molecule has 4 rings (SSSR count). The van der Waals surface area contributed by atoms with Crippen molar-refractivity contribution < 1.29 is 13.8 Å². The van der Waals surface area contributed by atoms with Crippen molar-refractivity contribution in [2.24, 2.45) is 11.8 Å². The molecule has 2 spiro atoms. The molecule has 1 aromatic rings. The summed E-state index contributed by atoms with van der Waals surface area (Å²) in [5, 5.41) is 0.765. The van der Waals surface area contributed by atoms with Crippen LogP contribution in [0.4, 0.5) is 5.82 Å². The molecule has 0 saturated carbocycles. The lowest BCUT2D eigenvalue weighted by Crippen LogP contribution is -2.71. The van der Waals surface area contributed by atoms with Gasteiger partial charge in [-0.1, -0.05) is 57.7 Å². The maximum Gasteiger partial charge on any atom is 0.189 e. The van der Waals surface area contributed by atoms with E-state index in [0.29, 0.717) is 5.56 Å². The molecule has 0 unspecified atom stereocenters. The van der Waals surface area contributed by atoms with Gasteiger partial charge in [-0.25, -0.2) is 9.97 Å². The van der Waals surface area contributed by atoms with Crippen molar-refractivity contribution in [1.29, 1.82) is 0 Å². The molecule has 0 aliphatic carbocycles. The number of carbonyl (C=O) groups excluding carboxylic acids is 1. The molecule has 3 fully saturated rings. The molecule has 35 heavy (non-hydrogen) atoms. The van der Waals surface area contributed by atoms with Gasteiger partial charge in [-0.05, 0) is 37.9 Å². The number of piperazine rings is 2. The third-order valence-electron chi connectivity index (χ3n) is 9.88. The summed E-state index contributed by atoms with van der Waals surface area (Å²) in [4.78, 5) is 23.3. The van der Waals surface area contributed by atoms with Crippen LogP contribution in [0.1, 0.15) is 74.8 Å². The SMILES string of the molecule is CCC(CC)CCCC1CC[N+]2(CC1)CC[N+]1(CCN(c3nc(SC)nc(C)c3C=O)CC1)CC2. The van der Waals surface area contributed by atoms with E-state index in [1.165, 1.54) is 106 Å². The van der Waals surface area contributed by atoms with Crippen LogP contribution in [0.25, 0.3) is 0 Å². The zero-order valence-electron chi connectivity index (χ0n) is 22.8. The number of rotatable bonds is 9. The Balaban J connectivity index is 1.26. The van der Waals surface area contributed by atoms with E-state index in [-0.39, 0.29) is 0 Å². The van der Waals surface area contributed by atoms with Crippen molar-refractivity contribution in [2.45, 2.75) is 70.9 Å². The van der Waals surface area contributed by atoms with Crippen molar-refractivity contribution in [3.8, 4) is 0 Å². The Morgan fingerprint density at radius 3 is 2.11 bits per heavy atom. The summed E-state index contributed by atoms with van der Waals surface area (Å²) < 4.78 is 2.66. The summed E-state index contributed by atoms with van der Waals surface area (Å²) >= 11 is 1.55. The minimum Gasteiger partial charge on any atom is -0.345 e. The molecule has 4 heterocycles. The molecular weight excluding hydrogens is 454 g/mol. The van der Waals surface area contributed by atoms with Gasteiger partial charge in [0.2, 0.25) is 0 Å². The summed E-state index contributed by atoms with van der Waals surface area (Å²) in [6, 6.07) is 0. The number of aldehydes is 1. The second kappa shape index (κ2) is 11.9. The normalized spacial score (nSPS) is 22.3. The predicted octanol–water partition coefficient (Wildman–Crippen LogP) is 4.80. The van der Waals surface area contributed by atoms with Gasteiger partial charge in [-0.15, -0.1) is 0 Å². The highest BCUT2D eigenvalue weighted by atomic mass is 32.2. The second-order valence-electron chi connectivity index (χ2n) is 11.7. The number of aryl methyl sites for hydroxylation is 1. The Morgan fingerprint density at radius 1 is 0.971 bits per heavy atom. The number of carbonyl (C=O) groups is 1. The van der Waals surface area contributed by atoms with Crippen LogP contribution in [-0.2, 0) is 0 Å². The summed E-state index contributed by atoms with van der Waals surface area (Å²) in [7, 11) is 0. The van der Waals surface area contributed by atoms with Crippen LogP contribution >= 0.6 is 11.8 Å². The van der Waals surface area contributed by atoms with Gasteiger partial charge in [-0.3, -0.25) is 4.79 Å². The monoisotopic (exact) mass is 503 g/mol. The molecule has 0 bridgehead atoms. The number of nitrogens with zero attached hydrogens (tertiary/aromatic N) is 5. The molecule has 0 atom stereocenters. The lowest BCUT2D eigenvalue weighted by Gasteiger charge is -2.54. The average molecular weight is 504 g/mol. The topological polar surface area (TPSA) is 46.1 Å². The molecule has 6 nitrogen and oxygen atoms in total. The third kappa shape index (κ3) is 6.22. The van der Waals surface area contributed by atoms with E-state index in [1.54, 1.807) is 11.8 Å². The zero-order chi connectivity index (χ0) is 24.9. The Kier molecular flexibility index (Phi) is 9.14. The van der Waals surface area contributed by atoms with E-state index in [2.05, 4.69) is 23.7 Å². The van der Waals surface area contributed by atoms with E-state index in [0.717, 1.165) is 47.9 Å². The van der Waals surface area contributed by atoms with Crippen LogP contribution in [0.15, 0.2) is 5.16 Å². The number of hydrogen-bond donors (Lipinski definition) is 0.